The molecule has 0 aliphatic heterocycles. The summed E-state index contributed by atoms with van der Waals surface area (Å²) < 4.78 is 0. The molecule has 0 spiro atoms. The van der Waals surface area contributed by atoms with Crippen LogP contribution in [0.3, 0.4) is 0 Å². The maximum absolute atomic E-state index is 10.4. The van der Waals surface area contributed by atoms with E-state index in [4.69, 9.17) is 0 Å². The number of hydrogen-bond donors (Lipinski definition) is 3. The van der Waals surface area contributed by atoms with Crippen LogP contribution in [0.4, 0.5) is 0 Å². The zero-order valence-corrected chi connectivity index (χ0v) is 20.5. The van der Waals surface area contributed by atoms with Crippen molar-refractivity contribution in [2.75, 3.05) is 0 Å². The van der Waals surface area contributed by atoms with Gasteiger partial charge < -0.3 is 15.3 Å². The molecule has 0 saturated heterocycles. The van der Waals surface area contributed by atoms with Gasteiger partial charge in [0.25, 0.3) is 0 Å². The van der Waals surface area contributed by atoms with E-state index in [-0.39, 0.29) is 5.92 Å². The van der Waals surface area contributed by atoms with E-state index < -0.39 is 17.8 Å². The first-order valence-corrected chi connectivity index (χ1v) is 12.6. The number of allylic oxidation sites excluding steroid dienone is 3. The predicted molar refractivity (Wildman–Crippen MR) is 129 cm³/mol. The van der Waals surface area contributed by atoms with E-state index in [0.29, 0.717) is 23.7 Å². The van der Waals surface area contributed by atoms with Crippen molar-refractivity contribution in [3.63, 3.8) is 0 Å². The Bertz CT molecular complexity index is 712. The minimum Gasteiger partial charge on any atom is -0.392 e. The van der Waals surface area contributed by atoms with E-state index >= 15 is 0 Å². The lowest BCUT2D eigenvalue weighted by atomic mass is 9.60. The summed E-state index contributed by atoms with van der Waals surface area (Å²) in [6, 6.07) is 0. The standard InChI is InChI=1S/C28H46O3/c1-18(9-7-15-27(4,5)31)23-13-14-24-21(10-8-16-28(23,24)6)11-12-22-17-25(29)20(3)26(30)19(22)2/h11-12,18,20,23-26,29-31H,2,7-10,13-17H2,1,3-6H3/b21-11+,22-12+/t18-,20-,23?,24?,25+,26+,28?/m1/s1. The third-order valence-corrected chi connectivity index (χ3v) is 8.97. The summed E-state index contributed by atoms with van der Waals surface area (Å²) in [4.78, 5) is 0. The average Bonchev–Trinajstić information content (AvgIpc) is 3.04. The number of aliphatic hydroxyl groups excluding tert-OH is 2. The summed E-state index contributed by atoms with van der Waals surface area (Å²) in [5.41, 5.74) is 3.15. The highest BCUT2D eigenvalue weighted by Crippen LogP contribution is 2.60. The Morgan fingerprint density at radius 1 is 1.23 bits per heavy atom. The van der Waals surface area contributed by atoms with Crippen LogP contribution in [0.2, 0.25) is 0 Å². The smallest absolute Gasteiger partial charge is 0.0837 e. The summed E-state index contributed by atoms with van der Waals surface area (Å²) in [5.74, 6) is 1.94. The van der Waals surface area contributed by atoms with Gasteiger partial charge in [0, 0.05) is 5.92 Å². The zero-order valence-electron chi connectivity index (χ0n) is 20.5. The van der Waals surface area contributed by atoms with Gasteiger partial charge in [0.1, 0.15) is 0 Å². The Morgan fingerprint density at radius 3 is 2.61 bits per heavy atom. The van der Waals surface area contributed by atoms with Gasteiger partial charge in [0.15, 0.2) is 0 Å². The highest BCUT2D eigenvalue weighted by atomic mass is 16.3. The van der Waals surface area contributed by atoms with Crippen LogP contribution < -0.4 is 0 Å². The van der Waals surface area contributed by atoms with Crippen LogP contribution in [-0.4, -0.2) is 33.1 Å². The molecule has 3 nitrogen and oxygen atoms in total. The lowest BCUT2D eigenvalue weighted by Crippen LogP contribution is -2.36. The second kappa shape index (κ2) is 9.53. The molecule has 3 fully saturated rings. The van der Waals surface area contributed by atoms with Crippen molar-refractivity contribution in [1.82, 2.24) is 0 Å². The van der Waals surface area contributed by atoms with E-state index in [0.717, 1.165) is 36.3 Å². The SMILES string of the molecule is C=C1/C(=C/C=C2\CCCC3(C)C2CCC3[C@H](C)CCCC(C)(C)O)C[C@H](O)[C@@H](C)[C@H]1O. The Labute approximate surface area is 190 Å². The average molecular weight is 431 g/mol. The van der Waals surface area contributed by atoms with Crippen LogP contribution >= 0.6 is 0 Å². The maximum Gasteiger partial charge on any atom is 0.0837 e. The van der Waals surface area contributed by atoms with Crippen molar-refractivity contribution >= 4 is 0 Å². The molecular formula is C28H46O3. The fraction of sp³-hybridized carbons (Fsp3) is 0.786. The van der Waals surface area contributed by atoms with Crippen LogP contribution in [0.1, 0.15) is 92.4 Å². The first kappa shape index (κ1) is 24.7. The lowest BCUT2D eigenvalue weighted by Gasteiger charge is -2.44. The molecular weight excluding hydrogens is 384 g/mol. The molecule has 3 saturated carbocycles. The molecule has 7 atom stereocenters. The van der Waals surface area contributed by atoms with Crippen LogP contribution in [0, 0.1) is 29.1 Å². The normalized spacial score (nSPS) is 40.4. The van der Waals surface area contributed by atoms with Crippen molar-refractivity contribution < 1.29 is 15.3 Å². The molecule has 3 heteroatoms. The molecule has 3 unspecified atom stereocenters. The molecule has 0 heterocycles. The van der Waals surface area contributed by atoms with E-state index in [9.17, 15) is 15.3 Å². The van der Waals surface area contributed by atoms with Gasteiger partial charge in [-0.1, -0.05) is 57.9 Å². The van der Waals surface area contributed by atoms with Gasteiger partial charge in [-0.3, -0.25) is 0 Å². The van der Waals surface area contributed by atoms with Crippen LogP contribution in [0.5, 0.6) is 0 Å². The molecule has 31 heavy (non-hydrogen) atoms. The quantitative estimate of drug-likeness (QED) is 0.488. The Balaban J connectivity index is 1.71. The summed E-state index contributed by atoms with van der Waals surface area (Å²) in [6.45, 7) is 14.8. The van der Waals surface area contributed by atoms with Gasteiger partial charge in [-0.25, -0.2) is 0 Å². The van der Waals surface area contributed by atoms with Gasteiger partial charge in [-0.2, -0.15) is 0 Å². The van der Waals surface area contributed by atoms with Gasteiger partial charge in [0.05, 0.1) is 17.8 Å². The Kier molecular flexibility index (Phi) is 7.61. The molecule has 0 aromatic rings. The maximum atomic E-state index is 10.4. The number of rotatable bonds is 6. The van der Waals surface area contributed by atoms with Gasteiger partial charge in [-0.15, -0.1) is 0 Å². The fourth-order valence-corrected chi connectivity index (χ4v) is 6.91. The second-order valence-electron chi connectivity index (χ2n) is 11.8. The third-order valence-electron chi connectivity index (χ3n) is 8.97. The molecule has 3 N–H and O–H groups in total. The summed E-state index contributed by atoms with van der Waals surface area (Å²) in [6.07, 6.45) is 13.4. The zero-order chi connectivity index (χ0) is 23.0. The number of aliphatic hydroxyl groups is 3. The van der Waals surface area contributed by atoms with Crippen molar-refractivity contribution in [1.29, 1.82) is 0 Å². The third kappa shape index (κ3) is 5.37. The van der Waals surface area contributed by atoms with E-state index in [2.05, 4.69) is 32.6 Å². The van der Waals surface area contributed by atoms with Crippen molar-refractivity contribution in [2.24, 2.45) is 29.1 Å². The largest absolute Gasteiger partial charge is 0.392 e. The molecule has 0 aromatic carbocycles. The van der Waals surface area contributed by atoms with Crippen LogP contribution in [0.15, 0.2) is 35.5 Å². The summed E-state index contributed by atoms with van der Waals surface area (Å²) in [7, 11) is 0. The van der Waals surface area contributed by atoms with E-state index in [1.54, 1.807) is 5.57 Å². The first-order valence-electron chi connectivity index (χ1n) is 12.6. The molecule has 3 aliphatic carbocycles. The minimum absolute atomic E-state index is 0.149. The predicted octanol–water partition coefficient (Wildman–Crippen LogP) is 5.95. The minimum atomic E-state index is -0.648. The molecule has 0 bridgehead atoms. The molecule has 3 aliphatic rings. The monoisotopic (exact) mass is 430 g/mol. The van der Waals surface area contributed by atoms with Crippen molar-refractivity contribution in [2.45, 2.75) is 110 Å². The van der Waals surface area contributed by atoms with Gasteiger partial charge in [0.2, 0.25) is 0 Å². The molecule has 176 valence electrons. The Hall–Kier alpha value is -0.900. The molecule has 0 radical (unpaired) electrons. The summed E-state index contributed by atoms with van der Waals surface area (Å²) >= 11 is 0. The van der Waals surface area contributed by atoms with Gasteiger partial charge >= 0.3 is 0 Å². The van der Waals surface area contributed by atoms with Crippen LogP contribution in [-0.2, 0) is 0 Å². The second-order valence-corrected chi connectivity index (χ2v) is 11.8. The Morgan fingerprint density at radius 2 is 1.94 bits per heavy atom. The summed E-state index contributed by atoms with van der Waals surface area (Å²) in [5, 5.41) is 30.7. The van der Waals surface area contributed by atoms with Crippen molar-refractivity contribution in [3.8, 4) is 0 Å². The molecule has 0 aromatic heterocycles. The van der Waals surface area contributed by atoms with Crippen molar-refractivity contribution in [3.05, 3.63) is 35.5 Å². The molecule has 3 rings (SSSR count). The first-order chi connectivity index (χ1) is 14.4. The number of hydrogen-bond acceptors (Lipinski definition) is 3. The highest BCUT2D eigenvalue weighted by Gasteiger charge is 2.50. The van der Waals surface area contributed by atoms with E-state index in [1.807, 2.05) is 20.8 Å². The van der Waals surface area contributed by atoms with Crippen LogP contribution in [0.25, 0.3) is 0 Å². The van der Waals surface area contributed by atoms with Gasteiger partial charge in [-0.05, 0) is 93.1 Å². The lowest BCUT2D eigenvalue weighted by molar-refractivity contribution is 0.0283. The van der Waals surface area contributed by atoms with E-state index in [1.165, 1.54) is 32.1 Å². The number of fused-ring (bicyclic) bond motifs is 1. The topological polar surface area (TPSA) is 60.7 Å². The molecule has 0 amide bonds. The highest BCUT2D eigenvalue weighted by molar-refractivity contribution is 5.39. The fourth-order valence-electron chi connectivity index (χ4n) is 6.91.